The van der Waals surface area contributed by atoms with E-state index in [1.165, 1.54) is 16.8 Å². The van der Waals surface area contributed by atoms with Crippen LogP contribution in [-0.2, 0) is 0 Å². The van der Waals surface area contributed by atoms with Crippen LogP contribution < -0.4 is 5.73 Å². The van der Waals surface area contributed by atoms with Crippen molar-refractivity contribution in [3.05, 3.63) is 52.3 Å². The molecule has 1 atom stereocenters. The Morgan fingerprint density at radius 3 is 2.72 bits per heavy atom. The number of amides is 1. The predicted molar refractivity (Wildman–Crippen MR) is 92.5 cm³/mol. The summed E-state index contributed by atoms with van der Waals surface area (Å²) in [6.45, 7) is 3.35. The van der Waals surface area contributed by atoms with Crippen molar-refractivity contribution >= 4 is 11.6 Å². The molecule has 8 heteroatoms. The van der Waals surface area contributed by atoms with Gasteiger partial charge in [-0.1, -0.05) is 6.07 Å². The smallest absolute Gasteiger partial charge is 0.274 e. The molecule has 25 heavy (non-hydrogen) atoms. The molecule has 8 nitrogen and oxygen atoms in total. The molecular weight excluding hydrogens is 322 g/mol. The number of piperidine rings is 1. The molecule has 2 heterocycles. The highest BCUT2D eigenvalue weighted by atomic mass is 16.6. The van der Waals surface area contributed by atoms with Crippen molar-refractivity contribution in [2.24, 2.45) is 11.7 Å². The van der Waals surface area contributed by atoms with Crippen LogP contribution in [0.2, 0.25) is 0 Å². The summed E-state index contributed by atoms with van der Waals surface area (Å²) >= 11 is 0. The number of nitro benzene ring substituents is 1. The lowest BCUT2D eigenvalue weighted by Crippen LogP contribution is -2.42. The number of nitro groups is 1. The van der Waals surface area contributed by atoms with E-state index >= 15 is 0 Å². The predicted octanol–water partition coefficient (Wildman–Crippen LogP) is 1.98. The van der Waals surface area contributed by atoms with E-state index in [1.807, 2.05) is 6.92 Å². The van der Waals surface area contributed by atoms with Crippen LogP contribution in [0.1, 0.15) is 30.3 Å². The molecule has 0 spiro atoms. The van der Waals surface area contributed by atoms with E-state index in [9.17, 15) is 14.9 Å². The highest BCUT2D eigenvalue weighted by Gasteiger charge is 2.26. The minimum Gasteiger partial charge on any atom is -0.337 e. The van der Waals surface area contributed by atoms with Gasteiger partial charge in [-0.3, -0.25) is 14.9 Å². The number of carbonyl (C=O) groups excluding carboxylic acids is 1. The number of benzene rings is 1. The number of nitrogens with zero attached hydrogens (tertiary/aromatic N) is 4. The lowest BCUT2D eigenvalue weighted by Gasteiger charge is -2.33. The maximum absolute atomic E-state index is 12.6. The summed E-state index contributed by atoms with van der Waals surface area (Å²) in [5, 5.41) is 15.2. The Labute approximate surface area is 145 Å². The zero-order chi connectivity index (χ0) is 18.0. The largest absolute Gasteiger partial charge is 0.337 e. The summed E-state index contributed by atoms with van der Waals surface area (Å²) in [6, 6.07) is 7.93. The third-order valence-corrected chi connectivity index (χ3v) is 4.68. The zero-order valence-electron chi connectivity index (χ0n) is 14.0. The number of nitrogens with two attached hydrogens (primary N) is 1. The molecule has 2 N–H and O–H groups in total. The zero-order valence-corrected chi connectivity index (χ0v) is 14.0. The molecule has 0 radical (unpaired) electrons. The molecule has 132 valence electrons. The molecular formula is C17H21N5O3. The van der Waals surface area contributed by atoms with Crippen LogP contribution in [0.5, 0.6) is 0 Å². The molecule has 1 unspecified atom stereocenters. The van der Waals surface area contributed by atoms with Gasteiger partial charge in [-0.05, 0) is 37.8 Å². The quantitative estimate of drug-likeness (QED) is 0.674. The maximum atomic E-state index is 12.6. The Bertz CT molecular complexity index is 778. The van der Waals surface area contributed by atoms with Gasteiger partial charge >= 0.3 is 0 Å². The average Bonchev–Trinajstić information content (AvgIpc) is 3.11. The Morgan fingerprint density at radius 1 is 1.36 bits per heavy atom. The van der Waals surface area contributed by atoms with Crippen molar-refractivity contribution in [2.75, 3.05) is 13.1 Å². The molecule has 1 amide bonds. The van der Waals surface area contributed by atoms with Gasteiger partial charge < -0.3 is 10.6 Å². The number of aromatic nitrogens is 2. The molecule has 1 aromatic carbocycles. The van der Waals surface area contributed by atoms with Crippen LogP contribution >= 0.6 is 0 Å². The molecule has 1 fully saturated rings. The van der Waals surface area contributed by atoms with Gasteiger partial charge in [-0.25, -0.2) is 4.68 Å². The Morgan fingerprint density at radius 2 is 2.08 bits per heavy atom. The molecule has 2 aromatic rings. The van der Waals surface area contributed by atoms with E-state index in [0.717, 1.165) is 12.8 Å². The summed E-state index contributed by atoms with van der Waals surface area (Å²) in [6.07, 6.45) is 3.44. The molecule has 1 aliphatic rings. The Kier molecular flexibility index (Phi) is 4.80. The fraction of sp³-hybridized carbons (Fsp3) is 0.412. The molecule has 0 saturated carbocycles. The minimum atomic E-state index is -0.457. The van der Waals surface area contributed by atoms with Gasteiger partial charge in [0.2, 0.25) is 0 Å². The highest BCUT2D eigenvalue weighted by molar-refractivity contribution is 5.92. The third kappa shape index (κ3) is 3.69. The molecule has 3 rings (SSSR count). The first kappa shape index (κ1) is 17.1. The van der Waals surface area contributed by atoms with E-state index in [-0.39, 0.29) is 17.6 Å². The number of likely N-dealkylation sites (tertiary alicyclic amines) is 1. The normalized spacial score (nSPS) is 16.6. The van der Waals surface area contributed by atoms with Gasteiger partial charge in [-0.15, -0.1) is 0 Å². The summed E-state index contributed by atoms with van der Waals surface area (Å²) in [5.41, 5.74) is 6.80. The second-order valence-corrected chi connectivity index (χ2v) is 6.41. The molecule has 1 aliphatic heterocycles. The van der Waals surface area contributed by atoms with Crippen LogP contribution in [0, 0.1) is 16.0 Å². The Balaban J connectivity index is 1.72. The average molecular weight is 343 g/mol. The number of hydrogen-bond acceptors (Lipinski definition) is 5. The second-order valence-electron chi connectivity index (χ2n) is 6.41. The monoisotopic (exact) mass is 343 g/mol. The summed E-state index contributed by atoms with van der Waals surface area (Å²) in [4.78, 5) is 24.8. The fourth-order valence-electron chi connectivity index (χ4n) is 3.12. The summed E-state index contributed by atoms with van der Waals surface area (Å²) in [5.74, 6) is 0.332. The van der Waals surface area contributed by atoms with Crippen molar-refractivity contribution in [1.29, 1.82) is 0 Å². The third-order valence-electron chi connectivity index (χ3n) is 4.68. The van der Waals surface area contributed by atoms with Gasteiger partial charge in [0.05, 0.1) is 10.6 Å². The topological polar surface area (TPSA) is 107 Å². The molecule has 1 aromatic heterocycles. The van der Waals surface area contributed by atoms with Gasteiger partial charge in [0.25, 0.3) is 11.6 Å². The van der Waals surface area contributed by atoms with Gasteiger partial charge in [0.1, 0.15) is 0 Å². The summed E-state index contributed by atoms with van der Waals surface area (Å²) < 4.78 is 1.48. The van der Waals surface area contributed by atoms with E-state index in [0.29, 0.717) is 30.4 Å². The first-order valence-electron chi connectivity index (χ1n) is 8.31. The highest BCUT2D eigenvalue weighted by Crippen LogP contribution is 2.21. The van der Waals surface area contributed by atoms with Gasteiger partial charge in [0, 0.05) is 37.5 Å². The van der Waals surface area contributed by atoms with Crippen LogP contribution in [0.3, 0.4) is 0 Å². The number of hydrogen-bond donors (Lipinski definition) is 1. The van der Waals surface area contributed by atoms with Crippen LogP contribution in [0.15, 0.2) is 36.5 Å². The molecule has 0 aliphatic carbocycles. The van der Waals surface area contributed by atoms with Crippen molar-refractivity contribution in [3.63, 3.8) is 0 Å². The molecule has 1 saturated heterocycles. The lowest BCUT2D eigenvalue weighted by atomic mass is 9.91. The van der Waals surface area contributed by atoms with Crippen molar-refractivity contribution in [3.8, 4) is 5.69 Å². The molecule has 0 bridgehead atoms. The SMILES string of the molecule is CC(N)C1CCN(C(=O)c2ccn(-c3cccc([N+](=O)[O-])c3)n2)CC1. The fourth-order valence-corrected chi connectivity index (χ4v) is 3.12. The van der Waals surface area contributed by atoms with E-state index in [2.05, 4.69) is 5.10 Å². The van der Waals surface area contributed by atoms with Gasteiger partial charge in [-0.2, -0.15) is 5.10 Å². The summed E-state index contributed by atoms with van der Waals surface area (Å²) in [7, 11) is 0. The standard InChI is InChI=1S/C17H21N5O3/c1-12(18)13-5-8-20(9-6-13)17(23)16-7-10-21(19-16)14-3-2-4-15(11-14)22(24)25/h2-4,7,10-13H,5-6,8-9,18H2,1H3. The number of rotatable bonds is 4. The number of non-ortho nitro benzene ring substituents is 1. The van der Waals surface area contributed by atoms with Gasteiger partial charge in [0.15, 0.2) is 5.69 Å². The maximum Gasteiger partial charge on any atom is 0.274 e. The van der Waals surface area contributed by atoms with Crippen molar-refractivity contribution < 1.29 is 9.72 Å². The minimum absolute atomic E-state index is 0.0150. The van der Waals surface area contributed by atoms with Crippen LogP contribution in [-0.4, -0.2) is 44.6 Å². The van der Waals surface area contributed by atoms with E-state index in [1.54, 1.807) is 29.3 Å². The van der Waals surface area contributed by atoms with Crippen LogP contribution in [0.25, 0.3) is 5.69 Å². The number of carbonyl (C=O) groups is 1. The second kappa shape index (κ2) is 7.02. The van der Waals surface area contributed by atoms with E-state index in [4.69, 9.17) is 5.73 Å². The van der Waals surface area contributed by atoms with E-state index < -0.39 is 4.92 Å². The Hall–Kier alpha value is -2.74. The first-order chi connectivity index (χ1) is 12.0. The van der Waals surface area contributed by atoms with Crippen molar-refractivity contribution in [1.82, 2.24) is 14.7 Å². The van der Waals surface area contributed by atoms with Crippen LogP contribution in [0.4, 0.5) is 5.69 Å². The lowest BCUT2D eigenvalue weighted by molar-refractivity contribution is -0.384. The van der Waals surface area contributed by atoms with Crippen molar-refractivity contribution in [2.45, 2.75) is 25.8 Å². The first-order valence-corrected chi connectivity index (χ1v) is 8.31.